The van der Waals surface area contributed by atoms with Gasteiger partial charge in [0.1, 0.15) is 6.10 Å². The Balaban J connectivity index is 1.48. The van der Waals surface area contributed by atoms with Crippen LogP contribution in [0.4, 0.5) is 5.69 Å². The van der Waals surface area contributed by atoms with Gasteiger partial charge in [0.15, 0.2) is 5.11 Å². The number of ether oxygens (including phenoxy) is 1. The summed E-state index contributed by atoms with van der Waals surface area (Å²) >= 11 is 5.45. The Morgan fingerprint density at radius 2 is 1.82 bits per heavy atom. The van der Waals surface area contributed by atoms with Crippen LogP contribution in [0.15, 0.2) is 30.3 Å². The third-order valence-corrected chi connectivity index (χ3v) is 4.47. The van der Waals surface area contributed by atoms with Gasteiger partial charge < -0.3 is 19.9 Å². The van der Waals surface area contributed by atoms with Crippen LogP contribution >= 0.6 is 12.2 Å². The highest BCUT2D eigenvalue weighted by Crippen LogP contribution is 2.16. The highest BCUT2D eigenvalue weighted by molar-refractivity contribution is 7.80. The van der Waals surface area contributed by atoms with E-state index in [1.54, 1.807) is 0 Å². The number of para-hydroxylation sites is 1. The van der Waals surface area contributed by atoms with Crippen molar-refractivity contribution in [1.82, 2.24) is 9.80 Å². The van der Waals surface area contributed by atoms with Crippen molar-refractivity contribution in [2.45, 2.75) is 18.9 Å². The SMILES string of the molecule is O=C([C@H]1CCCO1)N1CCN(C(=S)Nc2ccccc2)CC1. The number of piperazine rings is 1. The number of hydrogen-bond donors (Lipinski definition) is 1. The van der Waals surface area contributed by atoms with Gasteiger partial charge in [-0.05, 0) is 37.2 Å². The molecule has 22 heavy (non-hydrogen) atoms. The van der Waals surface area contributed by atoms with E-state index in [4.69, 9.17) is 17.0 Å². The van der Waals surface area contributed by atoms with Crippen molar-refractivity contribution in [3.05, 3.63) is 30.3 Å². The number of anilines is 1. The summed E-state index contributed by atoms with van der Waals surface area (Å²) in [5.74, 6) is 0.138. The van der Waals surface area contributed by atoms with Gasteiger partial charge in [-0.1, -0.05) is 18.2 Å². The second-order valence-electron chi connectivity index (χ2n) is 5.61. The Hall–Kier alpha value is -1.66. The fourth-order valence-corrected chi connectivity index (χ4v) is 3.13. The van der Waals surface area contributed by atoms with E-state index in [0.29, 0.717) is 19.7 Å². The Morgan fingerprint density at radius 1 is 1.14 bits per heavy atom. The Labute approximate surface area is 136 Å². The average Bonchev–Trinajstić information content (AvgIpc) is 3.10. The largest absolute Gasteiger partial charge is 0.368 e. The maximum absolute atomic E-state index is 12.3. The number of carbonyl (C=O) groups excluding carboxylic acids is 1. The number of nitrogens with one attached hydrogen (secondary N) is 1. The summed E-state index contributed by atoms with van der Waals surface area (Å²) in [7, 11) is 0. The predicted octanol–water partition coefficient (Wildman–Crippen LogP) is 1.71. The smallest absolute Gasteiger partial charge is 0.251 e. The minimum atomic E-state index is -0.221. The van der Waals surface area contributed by atoms with Crippen LogP contribution in [0.5, 0.6) is 0 Å². The van der Waals surface area contributed by atoms with Gasteiger partial charge in [0.25, 0.3) is 5.91 Å². The molecule has 2 fully saturated rings. The lowest BCUT2D eigenvalue weighted by molar-refractivity contribution is -0.142. The molecule has 2 aliphatic rings. The predicted molar refractivity (Wildman–Crippen MR) is 89.8 cm³/mol. The van der Waals surface area contributed by atoms with Crippen LogP contribution in [0, 0.1) is 0 Å². The zero-order chi connectivity index (χ0) is 15.4. The number of amides is 1. The summed E-state index contributed by atoms with van der Waals surface area (Å²) in [5.41, 5.74) is 0.991. The summed E-state index contributed by atoms with van der Waals surface area (Å²) in [6.45, 7) is 3.64. The molecule has 6 heteroatoms. The molecule has 0 aliphatic carbocycles. The molecule has 2 aliphatic heterocycles. The zero-order valence-corrected chi connectivity index (χ0v) is 13.3. The molecular weight excluding hydrogens is 298 g/mol. The van der Waals surface area contributed by atoms with E-state index in [1.165, 1.54) is 0 Å². The summed E-state index contributed by atoms with van der Waals surface area (Å²) in [6, 6.07) is 9.91. The Morgan fingerprint density at radius 3 is 2.45 bits per heavy atom. The topological polar surface area (TPSA) is 44.8 Å². The first-order valence-corrected chi connectivity index (χ1v) is 8.16. The van der Waals surface area contributed by atoms with Crippen molar-refractivity contribution >= 4 is 28.9 Å². The molecular formula is C16H21N3O2S. The number of rotatable bonds is 2. The summed E-state index contributed by atoms with van der Waals surface area (Å²) in [5, 5.41) is 3.96. The van der Waals surface area contributed by atoms with Crippen LogP contribution < -0.4 is 5.32 Å². The molecule has 118 valence electrons. The second-order valence-corrected chi connectivity index (χ2v) is 6.00. The molecule has 1 aromatic rings. The second kappa shape index (κ2) is 7.07. The monoisotopic (exact) mass is 319 g/mol. The van der Waals surface area contributed by atoms with Gasteiger partial charge >= 0.3 is 0 Å². The molecule has 0 aromatic heterocycles. The molecule has 3 rings (SSSR count). The van der Waals surface area contributed by atoms with E-state index in [9.17, 15) is 4.79 Å². The lowest BCUT2D eigenvalue weighted by Crippen LogP contribution is -2.53. The van der Waals surface area contributed by atoms with E-state index in [1.807, 2.05) is 35.2 Å². The third kappa shape index (κ3) is 3.56. The number of hydrogen-bond acceptors (Lipinski definition) is 3. The number of carbonyl (C=O) groups is 1. The van der Waals surface area contributed by atoms with E-state index in [2.05, 4.69) is 10.2 Å². The van der Waals surface area contributed by atoms with Gasteiger partial charge in [0.2, 0.25) is 0 Å². The molecule has 1 amide bonds. The summed E-state index contributed by atoms with van der Waals surface area (Å²) < 4.78 is 5.48. The van der Waals surface area contributed by atoms with Gasteiger partial charge in [0.05, 0.1) is 0 Å². The highest BCUT2D eigenvalue weighted by atomic mass is 32.1. The van der Waals surface area contributed by atoms with Crippen LogP contribution in [0.3, 0.4) is 0 Å². The summed E-state index contributed by atoms with van der Waals surface area (Å²) in [6.07, 6.45) is 1.62. The lowest BCUT2D eigenvalue weighted by Gasteiger charge is -2.37. The fourth-order valence-electron chi connectivity index (χ4n) is 2.83. The van der Waals surface area contributed by atoms with Gasteiger partial charge in [-0.25, -0.2) is 0 Å². The van der Waals surface area contributed by atoms with E-state index >= 15 is 0 Å². The van der Waals surface area contributed by atoms with Gasteiger partial charge in [0, 0.05) is 38.5 Å². The van der Waals surface area contributed by atoms with Gasteiger partial charge in [-0.2, -0.15) is 0 Å². The minimum Gasteiger partial charge on any atom is -0.368 e. The highest BCUT2D eigenvalue weighted by Gasteiger charge is 2.30. The maximum atomic E-state index is 12.3. The Bertz CT molecular complexity index is 523. The van der Waals surface area contributed by atoms with E-state index < -0.39 is 0 Å². The summed E-state index contributed by atoms with van der Waals surface area (Å²) in [4.78, 5) is 16.3. The zero-order valence-electron chi connectivity index (χ0n) is 12.5. The van der Waals surface area contributed by atoms with Crippen molar-refractivity contribution in [3.8, 4) is 0 Å². The molecule has 2 heterocycles. The Kier molecular flexibility index (Phi) is 4.90. The number of benzene rings is 1. The van der Waals surface area contributed by atoms with E-state index in [0.717, 1.165) is 36.7 Å². The van der Waals surface area contributed by atoms with Crippen LogP contribution in [-0.2, 0) is 9.53 Å². The molecule has 0 bridgehead atoms. The van der Waals surface area contributed by atoms with E-state index in [-0.39, 0.29) is 12.0 Å². The fraction of sp³-hybridized carbons (Fsp3) is 0.500. The number of nitrogens with zero attached hydrogens (tertiary/aromatic N) is 2. The van der Waals surface area contributed by atoms with Crippen molar-refractivity contribution < 1.29 is 9.53 Å². The van der Waals surface area contributed by atoms with Crippen LogP contribution in [-0.4, -0.2) is 59.7 Å². The first kappa shape index (κ1) is 15.2. The minimum absolute atomic E-state index is 0.138. The van der Waals surface area contributed by atoms with Crippen molar-refractivity contribution in [2.24, 2.45) is 0 Å². The lowest BCUT2D eigenvalue weighted by atomic mass is 10.2. The molecule has 0 saturated carbocycles. The molecule has 1 N–H and O–H groups in total. The van der Waals surface area contributed by atoms with Crippen LogP contribution in [0.25, 0.3) is 0 Å². The van der Waals surface area contributed by atoms with Crippen molar-refractivity contribution in [1.29, 1.82) is 0 Å². The number of thiocarbonyl (C=S) groups is 1. The van der Waals surface area contributed by atoms with Crippen molar-refractivity contribution in [2.75, 3.05) is 38.1 Å². The molecule has 0 spiro atoms. The first-order valence-electron chi connectivity index (χ1n) is 7.75. The molecule has 5 nitrogen and oxygen atoms in total. The molecule has 1 atom stereocenters. The first-order chi connectivity index (χ1) is 10.7. The van der Waals surface area contributed by atoms with Gasteiger partial charge in [-0.15, -0.1) is 0 Å². The van der Waals surface area contributed by atoms with Gasteiger partial charge in [-0.3, -0.25) is 4.79 Å². The normalized spacial score (nSPS) is 21.7. The van der Waals surface area contributed by atoms with Crippen LogP contribution in [0.2, 0.25) is 0 Å². The molecule has 0 unspecified atom stereocenters. The molecule has 1 aromatic carbocycles. The third-order valence-electron chi connectivity index (χ3n) is 4.11. The van der Waals surface area contributed by atoms with Crippen molar-refractivity contribution in [3.63, 3.8) is 0 Å². The maximum Gasteiger partial charge on any atom is 0.251 e. The van der Waals surface area contributed by atoms with Crippen LogP contribution in [0.1, 0.15) is 12.8 Å². The molecule has 2 saturated heterocycles. The molecule has 0 radical (unpaired) electrons. The average molecular weight is 319 g/mol. The quantitative estimate of drug-likeness (QED) is 0.841. The standard InChI is InChI=1S/C16H21N3O2S/c20-15(14-7-4-12-21-14)18-8-10-19(11-9-18)16(22)17-13-5-2-1-3-6-13/h1-3,5-6,14H,4,7-12H2,(H,17,22)/t14-/m1/s1.